The summed E-state index contributed by atoms with van der Waals surface area (Å²) in [5.41, 5.74) is 4.19. The topological polar surface area (TPSA) is 128 Å². The molecule has 11 heteroatoms. The largest absolute Gasteiger partial charge is 0.497 e. The predicted molar refractivity (Wildman–Crippen MR) is 172 cm³/mol. The summed E-state index contributed by atoms with van der Waals surface area (Å²) >= 11 is 0. The van der Waals surface area contributed by atoms with Crippen molar-refractivity contribution in [2.75, 3.05) is 32.6 Å². The Morgan fingerprint density at radius 2 is 1.83 bits per heavy atom. The minimum absolute atomic E-state index is 0.0606. The third-order valence-electron chi connectivity index (χ3n) is 8.18. The molecular weight excluding hydrogens is 586 g/mol. The highest BCUT2D eigenvalue weighted by Gasteiger charge is 2.30. The number of nitrogens with one attached hydrogen (secondary N) is 1. The van der Waals surface area contributed by atoms with Gasteiger partial charge in [0.05, 0.1) is 19.8 Å². The number of likely N-dealkylation sites (tertiary alicyclic amines) is 1. The average Bonchev–Trinajstić information content (AvgIpc) is 3.50. The SMILES string of the molecule is COc1ccc(CNc2nccn3c([C@@H]4CCCN(C(=O)OCc5ccccc5)C4)nc(-c4ccc(C(=O)O)cc4)c23)c(OC)c1. The van der Waals surface area contributed by atoms with Crippen molar-refractivity contribution in [1.29, 1.82) is 0 Å². The maximum absolute atomic E-state index is 13.1. The Kier molecular flexibility index (Phi) is 9.00. The lowest BCUT2D eigenvalue weighted by atomic mass is 9.97. The Balaban J connectivity index is 1.33. The molecule has 46 heavy (non-hydrogen) atoms. The van der Waals surface area contributed by atoms with E-state index in [0.717, 1.165) is 40.9 Å². The number of fused-ring (bicyclic) bond motifs is 1. The number of hydrogen-bond donors (Lipinski definition) is 2. The molecule has 1 atom stereocenters. The van der Waals surface area contributed by atoms with Crippen molar-refractivity contribution in [3.8, 4) is 22.8 Å². The van der Waals surface area contributed by atoms with Crippen molar-refractivity contribution in [2.24, 2.45) is 0 Å². The minimum atomic E-state index is -0.999. The highest BCUT2D eigenvalue weighted by Crippen LogP contribution is 2.35. The highest BCUT2D eigenvalue weighted by molar-refractivity contribution is 5.90. The molecule has 6 rings (SSSR count). The number of hydrogen-bond acceptors (Lipinski definition) is 8. The van der Waals surface area contributed by atoms with E-state index in [4.69, 9.17) is 19.2 Å². The van der Waals surface area contributed by atoms with E-state index < -0.39 is 5.97 Å². The van der Waals surface area contributed by atoms with E-state index in [9.17, 15) is 14.7 Å². The predicted octanol–water partition coefficient (Wildman–Crippen LogP) is 6.24. The van der Waals surface area contributed by atoms with Gasteiger partial charge in [-0.05, 0) is 42.7 Å². The fraction of sp³-hybridized carbons (Fsp3) is 0.257. The van der Waals surface area contributed by atoms with E-state index in [0.29, 0.717) is 42.6 Å². The van der Waals surface area contributed by atoms with E-state index in [1.54, 1.807) is 49.6 Å². The fourth-order valence-electron chi connectivity index (χ4n) is 5.79. The number of aromatic nitrogens is 3. The van der Waals surface area contributed by atoms with Gasteiger partial charge in [-0.3, -0.25) is 4.40 Å². The Morgan fingerprint density at radius 1 is 1.02 bits per heavy atom. The third kappa shape index (κ3) is 6.44. The summed E-state index contributed by atoms with van der Waals surface area (Å²) in [6.07, 6.45) is 4.89. The second kappa shape index (κ2) is 13.6. The average molecular weight is 622 g/mol. The molecular formula is C35H35N5O6. The van der Waals surface area contributed by atoms with Crippen molar-refractivity contribution in [2.45, 2.75) is 31.9 Å². The standard InChI is InChI=1S/C35H35N5O6/c1-44-28-15-14-26(29(19-28)45-2)20-37-32-31-30(24-10-12-25(13-11-24)34(41)42)38-33(40(31)18-16-36-32)27-9-6-17-39(21-27)35(43)46-22-23-7-4-3-5-8-23/h3-5,7-8,10-16,18-19,27H,6,9,17,20-22H2,1-2H3,(H,36,37)(H,41,42)/t27-/m1/s1. The second-order valence-corrected chi connectivity index (χ2v) is 11.1. The summed E-state index contributed by atoms with van der Waals surface area (Å²) in [5.74, 6) is 1.71. The van der Waals surface area contributed by atoms with E-state index in [1.165, 1.54) is 0 Å². The molecule has 3 aromatic carbocycles. The smallest absolute Gasteiger partial charge is 0.410 e. The molecule has 11 nitrogen and oxygen atoms in total. The van der Waals surface area contributed by atoms with Gasteiger partial charge in [0.25, 0.3) is 0 Å². The van der Waals surface area contributed by atoms with Gasteiger partial charge in [0.2, 0.25) is 0 Å². The molecule has 5 aromatic rings. The number of anilines is 1. The summed E-state index contributed by atoms with van der Waals surface area (Å²) in [6, 6.07) is 21.9. The van der Waals surface area contributed by atoms with Crippen LogP contribution in [0.2, 0.25) is 0 Å². The van der Waals surface area contributed by atoms with Crippen LogP contribution >= 0.6 is 0 Å². The number of rotatable bonds is 10. The molecule has 1 aliphatic rings. The molecule has 2 aromatic heterocycles. The van der Waals surface area contributed by atoms with Gasteiger partial charge in [-0.15, -0.1) is 0 Å². The first-order chi connectivity index (χ1) is 22.4. The van der Waals surface area contributed by atoms with Gasteiger partial charge in [-0.2, -0.15) is 0 Å². The lowest BCUT2D eigenvalue weighted by Gasteiger charge is -2.31. The van der Waals surface area contributed by atoms with Gasteiger partial charge in [0.15, 0.2) is 5.82 Å². The molecule has 236 valence electrons. The number of benzene rings is 3. The summed E-state index contributed by atoms with van der Waals surface area (Å²) in [6.45, 7) is 1.69. The molecule has 0 unspecified atom stereocenters. The van der Waals surface area contributed by atoms with Crippen LogP contribution in [0.5, 0.6) is 11.5 Å². The Bertz CT molecular complexity index is 1840. The van der Waals surface area contributed by atoms with Crippen LogP contribution in [0.4, 0.5) is 10.6 Å². The van der Waals surface area contributed by atoms with Crippen molar-refractivity contribution < 1.29 is 28.9 Å². The normalized spacial score (nSPS) is 14.6. The zero-order valence-electron chi connectivity index (χ0n) is 25.7. The molecule has 0 radical (unpaired) electrons. The molecule has 0 bridgehead atoms. The van der Waals surface area contributed by atoms with Gasteiger partial charge in [0, 0.05) is 55.1 Å². The van der Waals surface area contributed by atoms with Crippen molar-refractivity contribution in [3.05, 3.63) is 108 Å². The number of ether oxygens (including phenoxy) is 3. The van der Waals surface area contributed by atoms with Gasteiger partial charge in [-0.1, -0.05) is 42.5 Å². The van der Waals surface area contributed by atoms with Crippen molar-refractivity contribution >= 4 is 23.4 Å². The van der Waals surface area contributed by atoms with Crippen LogP contribution in [-0.4, -0.2) is 63.7 Å². The molecule has 0 saturated carbocycles. The first kappa shape index (κ1) is 30.4. The maximum Gasteiger partial charge on any atom is 0.410 e. The molecule has 1 fully saturated rings. The number of carbonyl (C=O) groups excluding carboxylic acids is 1. The van der Waals surface area contributed by atoms with Crippen LogP contribution < -0.4 is 14.8 Å². The van der Waals surface area contributed by atoms with Crippen LogP contribution in [-0.2, 0) is 17.9 Å². The first-order valence-electron chi connectivity index (χ1n) is 15.1. The molecule has 1 amide bonds. The number of carboxylic acid groups (broad SMARTS) is 1. The van der Waals surface area contributed by atoms with E-state index in [-0.39, 0.29) is 24.2 Å². The maximum atomic E-state index is 13.1. The number of aromatic carboxylic acids is 1. The Hall–Kier alpha value is -5.58. The number of amides is 1. The summed E-state index contributed by atoms with van der Waals surface area (Å²) in [5, 5.41) is 12.9. The highest BCUT2D eigenvalue weighted by atomic mass is 16.6. The van der Waals surface area contributed by atoms with Gasteiger partial charge in [-0.25, -0.2) is 19.6 Å². The number of methoxy groups -OCH3 is 2. The van der Waals surface area contributed by atoms with Crippen molar-refractivity contribution in [3.63, 3.8) is 0 Å². The summed E-state index contributed by atoms with van der Waals surface area (Å²) < 4.78 is 18.6. The Labute approximate surface area is 266 Å². The molecule has 2 N–H and O–H groups in total. The number of piperidine rings is 1. The fourth-order valence-corrected chi connectivity index (χ4v) is 5.79. The number of carbonyl (C=O) groups is 2. The molecule has 1 aliphatic heterocycles. The van der Waals surface area contributed by atoms with Crippen LogP contribution in [0, 0.1) is 0 Å². The van der Waals surface area contributed by atoms with Crippen LogP contribution in [0.3, 0.4) is 0 Å². The van der Waals surface area contributed by atoms with E-state index >= 15 is 0 Å². The second-order valence-electron chi connectivity index (χ2n) is 11.1. The quantitative estimate of drug-likeness (QED) is 0.186. The van der Waals surface area contributed by atoms with Crippen molar-refractivity contribution in [1.82, 2.24) is 19.3 Å². The van der Waals surface area contributed by atoms with Gasteiger partial charge >= 0.3 is 12.1 Å². The van der Waals surface area contributed by atoms with Gasteiger partial charge < -0.3 is 29.5 Å². The number of carboxylic acids is 1. The van der Waals surface area contributed by atoms with Crippen LogP contribution in [0.15, 0.2) is 85.2 Å². The minimum Gasteiger partial charge on any atom is -0.497 e. The Morgan fingerprint density at radius 3 is 2.57 bits per heavy atom. The van der Waals surface area contributed by atoms with Gasteiger partial charge in [0.1, 0.15) is 35.1 Å². The summed E-state index contributed by atoms with van der Waals surface area (Å²) in [4.78, 5) is 36.2. The molecule has 0 spiro atoms. The van der Waals surface area contributed by atoms with E-state index in [1.807, 2.05) is 59.1 Å². The first-order valence-corrected chi connectivity index (χ1v) is 15.1. The van der Waals surface area contributed by atoms with Crippen LogP contribution in [0.25, 0.3) is 16.8 Å². The zero-order valence-corrected chi connectivity index (χ0v) is 25.7. The number of imidazole rings is 1. The third-order valence-corrected chi connectivity index (χ3v) is 8.18. The van der Waals surface area contributed by atoms with Crippen LogP contribution in [0.1, 0.15) is 46.1 Å². The molecule has 0 aliphatic carbocycles. The molecule has 3 heterocycles. The monoisotopic (exact) mass is 621 g/mol. The lowest BCUT2D eigenvalue weighted by molar-refractivity contribution is 0.0696. The molecule has 1 saturated heterocycles. The number of nitrogens with zero attached hydrogens (tertiary/aromatic N) is 4. The van der Waals surface area contributed by atoms with E-state index in [2.05, 4.69) is 10.3 Å². The zero-order chi connectivity index (χ0) is 32.0. The lowest BCUT2D eigenvalue weighted by Crippen LogP contribution is -2.39. The summed E-state index contributed by atoms with van der Waals surface area (Å²) in [7, 11) is 3.22.